The lowest BCUT2D eigenvalue weighted by atomic mass is 10.1. The van der Waals surface area contributed by atoms with E-state index in [9.17, 15) is 5.11 Å². The summed E-state index contributed by atoms with van der Waals surface area (Å²) in [6.45, 7) is 3.77. The maximum atomic E-state index is 10.1. The fourth-order valence-electron chi connectivity index (χ4n) is 2.33. The standard InChI is InChI=1S/C18H39NO5/c1-2-3-4-5-6-7-12-18(22)17-19(23-15-10-8-13-20)24-16-11-9-14-21/h18,20-22H,2-17H2,1H3. The van der Waals surface area contributed by atoms with E-state index in [2.05, 4.69) is 6.92 Å². The molecule has 0 bridgehead atoms. The number of hydrogen-bond acceptors (Lipinski definition) is 6. The van der Waals surface area contributed by atoms with Crippen LogP contribution < -0.4 is 0 Å². The molecule has 6 heteroatoms. The molecular weight excluding hydrogens is 310 g/mol. The molecule has 0 aromatic heterocycles. The van der Waals surface area contributed by atoms with Crippen molar-refractivity contribution in [3.05, 3.63) is 0 Å². The van der Waals surface area contributed by atoms with Crippen molar-refractivity contribution < 1.29 is 25.0 Å². The smallest absolute Gasteiger partial charge is 0.0777 e. The molecule has 1 unspecified atom stereocenters. The van der Waals surface area contributed by atoms with Gasteiger partial charge in [-0.15, -0.1) is 0 Å². The molecule has 0 saturated carbocycles. The summed E-state index contributed by atoms with van der Waals surface area (Å²) < 4.78 is 0. The fourth-order valence-corrected chi connectivity index (χ4v) is 2.33. The van der Waals surface area contributed by atoms with Crippen molar-refractivity contribution in [3.8, 4) is 0 Å². The third-order valence-electron chi connectivity index (χ3n) is 3.83. The largest absolute Gasteiger partial charge is 0.396 e. The first-order valence-electron chi connectivity index (χ1n) is 9.67. The van der Waals surface area contributed by atoms with Gasteiger partial charge in [-0.3, -0.25) is 9.68 Å². The zero-order valence-corrected chi connectivity index (χ0v) is 15.5. The molecule has 3 N–H and O–H groups in total. The van der Waals surface area contributed by atoms with E-state index in [0.717, 1.165) is 32.1 Å². The summed E-state index contributed by atoms with van der Waals surface area (Å²) in [5.74, 6) is 0. The maximum absolute atomic E-state index is 10.1. The highest BCUT2D eigenvalue weighted by Gasteiger charge is 2.13. The number of hydroxylamine groups is 2. The first kappa shape index (κ1) is 23.8. The van der Waals surface area contributed by atoms with Crippen LogP contribution in [-0.4, -0.2) is 59.6 Å². The van der Waals surface area contributed by atoms with Gasteiger partial charge in [0.2, 0.25) is 0 Å². The molecule has 0 aliphatic carbocycles. The summed E-state index contributed by atoms with van der Waals surface area (Å²) in [6, 6.07) is 0. The van der Waals surface area contributed by atoms with Gasteiger partial charge in [0, 0.05) is 13.2 Å². The first-order valence-corrected chi connectivity index (χ1v) is 9.67. The van der Waals surface area contributed by atoms with Crippen LogP contribution in [0.3, 0.4) is 0 Å². The van der Waals surface area contributed by atoms with Gasteiger partial charge in [0.15, 0.2) is 0 Å². The molecule has 6 nitrogen and oxygen atoms in total. The summed E-state index contributed by atoms with van der Waals surface area (Å²) in [4.78, 5) is 11.1. The van der Waals surface area contributed by atoms with E-state index in [1.165, 1.54) is 30.9 Å². The highest BCUT2D eigenvalue weighted by Crippen LogP contribution is 2.10. The Kier molecular flexibility index (Phi) is 18.9. The molecule has 0 spiro atoms. The average Bonchev–Trinajstić information content (AvgIpc) is 2.58. The van der Waals surface area contributed by atoms with Crippen molar-refractivity contribution >= 4 is 0 Å². The van der Waals surface area contributed by atoms with E-state index in [1.807, 2.05) is 0 Å². The van der Waals surface area contributed by atoms with Gasteiger partial charge in [-0.2, -0.15) is 0 Å². The Labute approximate surface area is 147 Å². The Morgan fingerprint density at radius 3 is 1.83 bits per heavy atom. The van der Waals surface area contributed by atoms with Crippen LogP contribution in [0.25, 0.3) is 0 Å². The first-order chi connectivity index (χ1) is 11.7. The summed E-state index contributed by atoms with van der Waals surface area (Å²) in [5.41, 5.74) is 0. The Bertz CT molecular complexity index is 231. The number of hydrogen-bond donors (Lipinski definition) is 3. The Morgan fingerprint density at radius 2 is 1.29 bits per heavy atom. The minimum atomic E-state index is -0.466. The monoisotopic (exact) mass is 349 g/mol. The molecule has 0 aromatic rings. The van der Waals surface area contributed by atoms with Crippen LogP contribution in [0.4, 0.5) is 0 Å². The van der Waals surface area contributed by atoms with Crippen LogP contribution in [0, 0.1) is 0 Å². The molecule has 0 heterocycles. The van der Waals surface area contributed by atoms with Gasteiger partial charge in [-0.1, -0.05) is 50.7 Å². The van der Waals surface area contributed by atoms with Crippen molar-refractivity contribution in [2.24, 2.45) is 0 Å². The molecule has 0 aliphatic heterocycles. The number of rotatable bonds is 19. The van der Waals surface area contributed by atoms with Crippen LogP contribution in [-0.2, 0) is 9.68 Å². The Balaban J connectivity index is 3.87. The third kappa shape index (κ3) is 16.6. The zero-order valence-electron chi connectivity index (χ0n) is 15.5. The number of nitrogens with zero attached hydrogens (tertiary/aromatic N) is 1. The van der Waals surface area contributed by atoms with Crippen LogP contribution in [0.5, 0.6) is 0 Å². The summed E-state index contributed by atoms with van der Waals surface area (Å²) >= 11 is 0. The second-order valence-electron chi connectivity index (χ2n) is 6.25. The number of unbranched alkanes of at least 4 members (excludes halogenated alkanes) is 7. The van der Waals surface area contributed by atoms with Gasteiger partial charge in [-0.25, -0.2) is 0 Å². The molecule has 146 valence electrons. The van der Waals surface area contributed by atoms with E-state index >= 15 is 0 Å². The predicted molar refractivity (Wildman–Crippen MR) is 95.2 cm³/mol. The summed E-state index contributed by atoms with van der Waals surface area (Å²) in [5, 5.41) is 29.1. The molecule has 0 fully saturated rings. The topological polar surface area (TPSA) is 82.4 Å². The summed E-state index contributed by atoms with van der Waals surface area (Å²) in [6.07, 6.45) is 10.4. The average molecular weight is 350 g/mol. The van der Waals surface area contributed by atoms with Crippen molar-refractivity contribution in [3.63, 3.8) is 0 Å². The predicted octanol–water partition coefficient (Wildman–Crippen LogP) is 2.81. The quantitative estimate of drug-likeness (QED) is 0.246. The normalized spacial score (nSPS) is 12.9. The van der Waals surface area contributed by atoms with Crippen molar-refractivity contribution in [2.75, 3.05) is 33.0 Å². The van der Waals surface area contributed by atoms with E-state index < -0.39 is 6.10 Å². The SMILES string of the molecule is CCCCCCCCC(O)CN(OCCCCO)OCCCCO. The molecule has 0 aliphatic rings. The Hall–Kier alpha value is -0.240. The lowest BCUT2D eigenvalue weighted by Crippen LogP contribution is -2.33. The lowest BCUT2D eigenvalue weighted by molar-refractivity contribution is -0.375. The van der Waals surface area contributed by atoms with Gasteiger partial charge in [-0.05, 0) is 32.1 Å². The van der Waals surface area contributed by atoms with Gasteiger partial charge in [0.25, 0.3) is 0 Å². The molecule has 0 aromatic carbocycles. The van der Waals surface area contributed by atoms with Crippen LogP contribution in [0.2, 0.25) is 0 Å². The van der Waals surface area contributed by atoms with Crippen LogP contribution in [0.15, 0.2) is 0 Å². The molecule has 0 rings (SSSR count). The van der Waals surface area contributed by atoms with E-state index in [1.54, 1.807) is 0 Å². The minimum absolute atomic E-state index is 0.154. The number of aliphatic hydroxyl groups is 3. The van der Waals surface area contributed by atoms with Gasteiger partial charge in [0.1, 0.15) is 0 Å². The summed E-state index contributed by atoms with van der Waals surface area (Å²) in [7, 11) is 0. The molecule has 1 atom stereocenters. The van der Waals surface area contributed by atoms with Gasteiger partial charge >= 0.3 is 0 Å². The maximum Gasteiger partial charge on any atom is 0.0777 e. The number of aliphatic hydroxyl groups excluding tert-OH is 3. The molecule has 0 amide bonds. The molecule has 0 saturated heterocycles. The van der Waals surface area contributed by atoms with E-state index in [0.29, 0.717) is 32.6 Å². The molecule has 0 radical (unpaired) electrons. The second kappa shape index (κ2) is 19.1. The van der Waals surface area contributed by atoms with Crippen molar-refractivity contribution in [1.82, 2.24) is 5.23 Å². The lowest BCUT2D eigenvalue weighted by Gasteiger charge is -2.23. The van der Waals surface area contributed by atoms with Gasteiger partial charge in [0.05, 0.1) is 25.9 Å². The highest BCUT2D eigenvalue weighted by molar-refractivity contribution is 4.57. The van der Waals surface area contributed by atoms with E-state index in [4.69, 9.17) is 19.9 Å². The minimum Gasteiger partial charge on any atom is -0.396 e. The Morgan fingerprint density at radius 1 is 0.750 bits per heavy atom. The van der Waals surface area contributed by atoms with E-state index in [-0.39, 0.29) is 13.2 Å². The fraction of sp³-hybridized carbons (Fsp3) is 1.00. The van der Waals surface area contributed by atoms with Crippen LogP contribution in [0.1, 0.15) is 77.6 Å². The van der Waals surface area contributed by atoms with Crippen molar-refractivity contribution in [1.29, 1.82) is 0 Å². The van der Waals surface area contributed by atoms with Gasteiger partial charge < -0.3 is 15.3 Å². The molecular formula is C18H39NO5. The third-order valence-corrected chi connectivity index (χ3v) is 3.83. The zero-order chi connectivity index (χ0) is 17.9. The van der Waals surface area contributed by atoms with Crippen LogP contribution >= 0.6 is 0 Å². The molecule has 24 heavy (non-hydrogen) atoms. The highest BCUT2D eigenvalue weighted by atomic mass is 16.9. The second-order valence-corrected chi connectivity index (χ2v) is 6.25. The van der Waals surface area contributed by atoms with Crippen molar-refractivity contribution in [2.45, 2.75) is 83.7 Å².